The zero-order valence-electron chi connectivity index (χ0n) is 27.0. The Morgan fingerprint density at radius 3 is 1.59 bits per heavy atom. The predicted octanol–water partition coefficient (Wildman–Crippen LogP) is -0.0723. The number of ether oxygens (including phenoxy) is 4. The first-order chi connectivity index (χ1) is 22.0. The van der Waals surface area contributed by atoms with E-state index in [2.05, 4.69) is 21.3 Å². The van der Waals surface area contributed by atoms with Crippen LogP contribution in [0.2, 0.25) is 0 Å². The van der Waals surface area contributed by atoms with Crippen molar-refractivity contribution in [2.45, 2.75) is 70.1 Å². The molecule has 0 aliphatic rings. The maximum Gasteiger partial charge on any atom is 0.326 e. The number of carbonyl (C=O) groups excluding carboxylic acids is 4. The van der Waals surface area contributed by atoms with E-state index in [0.717, 1.165) is 0 Å². The molecule has 46 heavy (non-hydrogen) atoms. The molecule has 4 amide bonds. The first kappa shape index (κ1) is 43.0. The van der Waals surface area contributed by atoms with Gasteiger partial charge in [-0.05, 0) is 24.5 Å². The molecule has 17 heteroatoms. The molecule has 0 saturated heterocycles. The van der Waals surface area contributed by atoms with E-state index in [1.54, 1.807) is 11.8 Å². The molecule has 0 saturated carbocycles. The van der Waals surface area contributed by atoms with E-state index >= 15 is 0 Å². The highest BCUT2D eigenvalue weighted by Crippen LogP contribution is 2.07. The molecule has 0 spiro atoms. The molecule has 0 aromatic carbocycles. The Bertz CT molecular complexity index is 894. The topological polar surface area (TPSA) is 228 Å². The molecule has 0 aromatic rings. The van der Waals surface area contributed by atoms with Gasteiger partial charge < -0.3 is 50.4 Å². The molecule has 0 aliphatic carbocycles. The van der Waals surface area contributed by atoms with Gasteiger partial charge in [0.05, 0.1) is 65.0 Å². The van der Waals surface area contributed by atoms with Crippen molar-refractivity contribution in [2.24, 2.45) is 0 Å². The van der Waals surface area contributed by atoms with Crippen molar-refractivity contribution >= 4 is 47.3 Å². The van der Waals surface area contributed by atoms with Crippen LogP contribution in [0.15, 0.2) is 0 Å². The smallest absolute Gasteiger partial charge is 0.326 e. The predicted molar refractivity (Wildman–Crippen MR) is 169 cm³/mol. The van der Waals surface area contributed by atoms with Crippen LogP contribution in [0.4, 0.5) is 0 Å². The van der Waals surface area contributed by atoms with Crippen molar-refractivity contribution in [1.82, 2.24) is 21.3 Å². The third-order valence-electron chi connectivity index (χ3n) is 5.82. The van der Waals surface area contributed by atoms with Gasteiger partial charge in [0.15, 0.2) is 0 Å². The van der Waals surface area contributed by atoms with Gasteiger partial charge in [0, 0.05) is 38.9 Å². The number of carbonyl (C=O) groups is 6. The van der Waals surface area contributed by atoms with Crippen LogP contribution in [0.3, 0.4) is 0 Å². The molecular formula is C29H52N4O12S. The second kappa shape index (κ2) is 29.4. The highest BCUT2D eigenvalue weighted by atomic mass is 32.2. The van der Waals surface area contributed by atoms with Gasteiger partial charge >= 0.3 is 11.9 Å². The SMILES string of the molecule is CC(C)SCC(=O)NCCOCCOCCC(=O)NCCOCCOCCC(=O)NCCCC[C@H](NC(=O)CCC(=O)O)C(=O)O. The van der Waals surface area contributed by atoms with Crippen molar-refractivity contribution in [1.29, 1.82) is 0 Å². The Hall–Kier alpha value is -2.99. The molecule has 0 aliphatic heterocycles. The molecule has 0 radical (unpaired) electrons. The molecular weight excluding hydrogens is 628 g/mol. The van der Waals surface area contributed by atoms with Gasteiger partial charge in [-0.25, -0.2) is 4.79 Å². The fourth-order valence-corrected chi connectivity index (χ4v) is 4.00. The number of nitrogens with one attached hydrogen (secondary N) is 4. The summed E-state index contributed by atoms with van der Waals surface area (Å²) in [4.78, 5) is 68.7. The number of amides is 4. The highest BCUT2D eigenvalue weighted by molar-refractivity contribution is 8.00. The van der Waals surface area contributed by atoms with Crippen LogP contribution < -0.4 is 21.3 Å². The third kappa shape index (κ3) is 29.7. The number of carboxylic acids is 2. The minimum absolute atomic E-state index is 0.00983. The lowest BCUT2D eigenvalue weighted by Gasteiger charge is -2.14. The summed E-state index contributed by atoms with van der Waals surface area (Å²) in [6.45, 7) is 7.70. The summed E-state index contributed by atoms with van der Waals surface area (Å²) in [6, 6.07) is -1.11. The molecule has 1 atom stereocenters. The summed E-state index contributed by atoms with van der Waals surface area (Å²) in [5, 5.41) is 28.7. The summed E-state index contributed by atoms with van der Waals surface area (Å²) in [7, 11) is 0. The number of carboxylic acid groups (broad SMARTS) is 2. The van der Waals surface area contributed by atoms with Crippen molar-refractivity contribution in [3.05, 3.63) is 0 Å². The van der Waals surface area contributed by atoms with Crippen molar-refractivity contribution in [3.8, 4) is 0 Å². The van der Waals surface area contributed by atoms with E-state index in [-0.39, 0.29) is 69.6 Å². The molecule has 6 N–H and O–H groups in total. The molecule has 0 aromatic heterocycles. The molecule has 0 bridgehead atoms. The van der Waals surface area contributed by atoms with E-state index in [1.165, 1.54) is 0 Å². The first-order valence-electron chi connectivity index (χ1n) is 15.5. The Labute approximate surface area is 274 Å². The molecule has 266 valence electrons. The average Bonchev–Trinajstić information content (AvgIpc) is 3.00. The number of hydrogen-bond donors (Lipinski definition) is 6. The number of hydrogen-bond acceptors (Lipinski definition) is 11. The second-order valence-electron chi connectivity index (χ2n) is 10.2. The van der Waals surface area contributed by atoms with Crippen LogP contribution in [0.1, 0.15) is 58.8 Å². The summed E-state index contributed by atoms with van der Waals surface area (Å²) in [5.41, 5.74) is 0. The van der Waals surface area contributed by atoms with Crippen LogP contribution in [-0.2, 0) is 47.7 Å². The standard InChI is InChI=1S/C29H52N4O12S/c1-22(2)46-21-27(37)32-12-16-45-20-18-43-14-9-25(35)31-11-15-44-19-17-42-13-8-24(34)30-10-4-3-5-23(29(40)41)33-26(36)6-7-28(38)39/h22-23H,3-21H2,1-2H3,(H,30,34)(H,31,35)(H,32,37)(H,33,36)(H,38,39)(H,40,41)/t23-/m0/s1. The van der Waals surface area contributed by atoms with E-state index in [0.29, 0.717) is 76.5 Å². The normalized spacial score (nSPS) is 11.5. The minimum Gasteiger partial charge on any atom is -0.481 e. The van der Waals surface area contributed by atoms with E-state index in [9.17, 15) is 33.9 Å². The van der Waals surface area contributed by atoms with E-state index in [1.807, 2.05) is 13.8 Å². The maximum atomic E-state index is 11.9. The Morgan fingerprint density at radius 2 is 1.09 bits per heavy atom. The molecule has 0 unspecified atom stereocenters. The Morgan fingerprint density at radius 1 is 0.587 bits per heavy atom. The van der Waals surface area contributed by atoms with Gasteiger partial charge in [0.2, 0.25) is 23.6 Å². The summed E-state index contributed by atoms with van der Waals surface area (Å²) >= 11 is 1.58. The Kier molecular flexibility index (Phi) is 27.5. The zero-order chi connectivity index (χ0) is 34.4. The lowest BCUT2D eigenvalue weighted by molar-refractivity contribution is -0.142. The Balaban J connectivity index is 3.54. The van der Waals surface area contributed by atoms with Crippen LogP contribution in [-0.4, -0.2) is 135 Å². The zero-order valence-corrected chi connectivity index (χ0v) is 27.8. The van der Waals surface area contributed by atoms with E-state index in [4.69, 9.17) is 24.1 Å². The molecule has 0 fully saturated rings. The van der Waals surface area contributed by atoms with Gasteiger partial charge in [0.1, 0.15) is 6.04 Å². The van der Waals surface area contributed by atoms with E-state index < -0.39 is 23.9 Å². The monoisotopic (exact) mass is 680 g/mol. The number of unbranched alkanes of at least 4 members (excludes halogenated alkanes) is 1. The lowest BCUT2D eigenvalue weighted by atomic mass is 10.1. The van der Waals surface area contributed by atoms with Crippen LogP contribution in [0, 0.1) is 0 Å². The van der Waals surface area contributed by atoms with Crippen molar-refractivity contribution < 1.29 is 57.9 Å². The van der Waals surface area contributed by atoms with Gasteiger partial charge in [-0.2, -0.15) is 0 Å². The molecule has 16 nitrogen and oxygen atoms in total. The van der Waals surface area contributed by atoms with Gasteiger partial charge in [-0.1, -0.05) is 13.8 Å². The van der Waals surface area contributed by atoms with Crippen LogP contribution in [0.5, 0.6) is 0 Å². The fraction of sp³-hybridized carbons (Fsp3) is 0.793. The third-order valence-corrected chi connectivity index (χ3v) is 6.91. The van der Waals surface area contributed by atoms with Gasteiger partial charge in [-0.15, -0.1) is 11.8 Å². The van der Waals surface area contributed by atoms with Crippen LogP contribution >= 0.6 is 11.8 Å². The van der Waals surface area contributed by atoms with Crippen molar-refractivity contribution in [3.63, 3.8) is 0 Å². The largest absolute Gasteiger partial charge is 0.481 e. The van der Waals surface area contributed by atoms with Gasteiger partial charge in [0.25, 0.3) is 0 Å². The molecule has 0 rings (SSSR count). The highest BCUT2D eigenvalue weighted by Gasteiger charge is 2.19. The van der Waals surface area contributed by atoms with Gasteiger partial charge in [-0.3, -0.25) is 24.0 Å². The summed E-state index contributed by atoms with van der Waals surface area (Å²) < 4.78 is 21.5. The summed E-state index contributed by atoms with van der Waals surface area (Å²) in [6.07, 6.45) is 0.806. The summed E-state index contributed by atoms with van der Waals surface area (Å²) in [5.74, 6) is -2.92. The van der Waals surface area contributed by atoms with Crippen LogP contribution in [0.25, 0.3) is 0 Å². The second-order valence-corrected chi connectivity index (χ2v) is 11.8. The average molecular weight is 681 g/mol. The number of rotatable bonds is 31. The quantitative estimate of drug-likeness (QED) is 0.0528. The van der Waals surface area contributed by atoms with Crippen molar-refractivity contribution in [2.75, 3.05) is 78.2 Å². The molecule has 0 heterocycles. The first-order valence-corrected chi connectivity index (χ1v) is 16.5. The maximum absolute atomic E-state index is 11.9. The lowest BCUT2D eigenvalue weighted by Crippen LogP contribution is -2.41. The number of thioether (sulfide) groups is 1. The minimum atomic E-state index is -1.20. The fourth-order valence-electron chi connectivity index (χ4n) is 3.41. The number of aliphatic carboxylic acids is 2.